The number of hydrogen-bond acceptors (Lipinski definition) is 4. The Labute approximate surface area is 135 Å². The van der Waals surface area contributed by atoms with E-state index in [9.17, 15) is 4.79 Å². The van der Waals surface area contributed by atoms with Crippen LogP contribution in [0.5, 0.6) is 0 Å². The van der Waals surface area contributed by atoms with E-state index in [2.05, 4.69) is 15.3 Å². The quantitative estimate of drug-likeness (QED) is 0.935. The fourth-order valence-electron chi connectivity index (χ4n) is 2.88. The van der Waals surface area contributed by atoms with Gasteiger partial charge in [-0.15, -0.1) is 11.3 Å². The summed E-state index contributed by atoms with van der Waals surface area (Å²) >= 11 is 1.64. The molecule has 0 bridgehead atoms. The summed E-state index contributed by atoms with van der Waals surface area (Å²) in [4.78, 5) is 22.1. The topological polar surface area (TPSA) is 54.9 Å². The van der Waals surface area contributed by atoms with Crippen LogP contribution in [0.1, 0.15) is 42.7 Å². The molecule has 2 aromatic heterocycles. The molecule has 5 heteroatoms. The number of hydrogen-bond donors (Lipinski definition) is 1. The molecule has 1 saturated carbocycles. The minimum absolute atomic E-state index is 0.204. The van der Waals surface area contributed by atoms with Gasteiger partial charge in [0.15, 0.2) is 0 Å². The number of nitrogens with one attached hydrogen (secondary N) is 1. The molecule has 4 nitrogen and oxygen atoms in total. The van der Waals surface area contributed by atoms with Crippen LogP contribution < -0.4 is 5.32 Å². The van der Waals surface area contributed by atoms with Crippen LogP contribution in [0.3, 0.4) is 0 Å². The minimum Gasteiger partial charge on any atom is -0.351 e. The third kappa shape index (κ3) is 3.53. The highest BCUT2D eigenvalue weighted by molar-refractivity contribution is 7.15. The predicted octanol–water partition coefficient (Wildman–Crippen LogP) is 3.71. The second kappa shape index (κ2) is 7.01. The van der Waals surface area contributed by atoms with E-state index in [-0.39, 0.29) is 11.8 Å². The Morgan fingerprint density at radius 2 is 2.18 bits per heavy atom. The molecule has 3 rings (SSSR count). The number of rotatable bonds is 4. The maximum atomic E-state index is 12.2. The van der Waals surface area contributed by atoms with Gasteiger partial charge in [-0.1, -0.05) is 19.3 Å². The van der Waals surface area contributed by atoms with E-state index in [0.29, 0.717) is 6.54 Å². The van der Waals surface area contributed by atoms with Crippen LogP contribution in [0, 0.1) is 12.8 Å². The molecule has 2 aromatic rings. The zero-order chi connectivity index (χ0) is 15.4. The fraction of sp³-hybridized carbons (Fsp3) is 0.471. The number of amides is 1. The van der Waals surface area contributed by atoms with E-state index >= 15 is 0 Å². The molecular formula is C17H21N3OS. The first kappa shape index (κ1) is 15.2. The van der Waals surface area contributed by atoms with Crippen molar-refractivity contribution in [2.75, 3.05) is 0 Å². The van der Waals surface area contributed by atoms with Crippen LogP contribution in [0.4, 0.5) is 0 Å². The van der Waals surface area contributed by atoms with Gasteiger partial charge < -0.3 is 5.32 Å². The van der Waals surface area contributed by atoms with Gasteiger partial charge in [0, 0.05) is 28.8 Å². The average Bonchev–Trinajstić information content (AvgIpc) is 2.95. The van der Waals surface area contributed by atoms with Gasteiger partial charge in [-0.05, 0) is 31.9 Å². The van der Waals surface area contributed by atoms with E-state index in [1.807, 2.05) is 25.3 Å². The van der Waals surface area contributed by atoms with Gasteiger partial charge in [0.25, 0.3) is 0 Å². The van der Waals surface area contributed by atoms with Gasteiger partial charge >= 0.3 is 0 Å². The third-order valence-corrected chi connectivity index (χ3v) is 5.41. The standard InChI is InChI=1S/C17H21N3OS/c1-12-15(11-19-16(21)13-6-3-2-4-7-13)22-17(20-12)14-8-5-9-18-10-14/h5,8-10,13H,2-4,6-7,11H2,1H3,(H,19,21). The number of nitrogens with zero attached hydrogens (tertiary/aromatic N) is 2. The maximum Gasteiger partial charge on any atom is 0.223 e. The van der Waals surface area contributed by atoms with E-state index in [0.717, 1.165) is 34.0 Å². The molecular weight excluding hydrogens is 294 g/mol. The molecule has 0 spiro atoms. The predicted molar refractivity (Wildman–Crippen MR) is 88.5 cm³/mol. The molecule has 0 radical (unpaired) electrons. The minimum atomic E-state index is 0.204. The Kier molecular flexibility index (Phi) is 4.83. The lowest BCUT2D eigenvalue weighted by molar-refractivity contribution is -0.126. The first-order chi connectivity index (χ1) is 10.7. The monoisotopic (exact) mass is 315 g/mol. The number of aryl methyl sites for hydroxylation is 1. The Morgan fingerprint density at radius 3 is 2.91 bits per heavy atom. The summed E-state index contributed by atoms with van der Waals surface area (Å²) < 4.78 is 0. The van der Waals surface area contributed by atoms with Crippen molar-refractivity contribution >= 4 is 17.2 Å². The lowest BCUT2D eigenvalue weighted by atomic mass is 9.89. The highest BCUT2D eigenvalue weighted by atomic mass is 32.1. The molecule has 1 amide bonds. The highest BCUT2D eigenvalue weighted by Gasteiger charge is 2.21. The molecule has 1 N–H and O–H groups in total. The molecule has 0 unspecified atom stereocenters. The summed E-state index contributed by atoms with van der Waals surface area (Å²) in [7, 11) is 0. The third-order valence-electron chi connectivity index (χ3n) is 4.20. The normalized spacial score (nSPS) is 15.7. The first-order valence-electron chi connectivity index (χ1n) is 7.88. The van der Waals surface area contributed by atoms with Gasteiger partial charge in [-0.3, -0.25) is 9.78 Å². The van der Waals surface area contributed by atoms with Crippen molar-refractivity contribution in [3.63, 3.8) is 0 Å². The van der Waals surface area contributed by atoms with Crippen molar-refractivity contribution < 1.29 is 4.79 Å². The summed E-state index contributed by atoms with van der Waals surface area (Å²) in [6, 6.07) is 3.92. The first-order valence-corrected chi connectivity index (χ1v) is 8.70. The fourth-order valence-corrected chi connectivity index (χ4v) is 3.87. The Bertz CT molecular complexity index is 633. The lowest BCUT2D eigenvalue weighted by Gasteiger charge is -2.20. The summed E-state index contributed by atoms with van der Waals surface area (Å²) in [6.07, 6.45) is 9.29. The number of carbonyl (C=O) groups excluding carboxylic acids is 1. The van der Waals surface area contributed by atoms with Crippen LogP contribution in [0.25, 0.3) is 10.6 Å². The second-order valence-electron chi connectivity index (χ2n) is 5.82. The summed E-state index contributed by atoms with van der Waals surface area (Å²) in [5.41, 5.74) is 2.02. The molecule has 0 aromatic carbocycles. The van der Waals surface area contributed by atoms with E-state index < -0.39 is 0 Å². The lowest BCUT2D eigenvalue weighted by Crippen LogP contribution is -2.31. The number of aromatic nitrogens is 2. The van der Waals surface area contributed by atoms with Crippen molar-refractivity contribution in [1.29, 1.82) is 0 Å². The van der Waals surface area contributed by atoms with Crippen LogP contribution in [-0.2, 0) is 11.3 Å². The smallest absolute Gasteiger partial charge is 0.223 e. The van der Waals surface area contributed by atoms with Crippen molar-refractivity contribution in [3.8, 4) is 10.6 Å². The Balaban J connectivity index is 1.63. The summed E-state index contributed by atoms with van der Waals surface area (Å²) in [5.74, 6) is 0.412. The SMILES string of the molecule is Cc1nc(-c2cccnc2)sc1CNC(=O)C1CCCCC1. The largest absolute Gasteiger partial charge is 0.351 e. The van der Waals surface area contributed by atoms with Crippen molar-refractivity contribution in [2.24, 2.45) is 5.92 Å². The highest BCUT2D eigenvalue weighted by Crippen LogP contribution is 2.28. The van der Waals surface area contributed by atoms with E-state index in [1.165, 1.54) is 19.3 Å². The van der Waals surface area contributed by atoms with Crippen LogP contribution in [-0.4, -0.2) is 15.9 Å². The Morgan fingerprint density at radius 1 is 1.36 bits per heavy atom. The molecule has 1 fully saturated rings. The van der Waals surface area contributed by atoms with Crippen molar-refractivity contribution in [3.05, 3.63) is 35.1 Å². The molecule has 1 aliphatic carbocycles. The molecule has 0 aliphatic heterocycles. The van der Waals surface area contributed by atoms with Crippen LogP contribution >= 0.6 is 11.3 Å². The van der Waals surface area contributed by atoms with Crippen LogP contribution in [0.15, 0.2) is 24.5 Å². The number of carbonyl (C=O) groups is 1. The Hall–Kier alpha value is -1.75. The van der Waals surface area contributed by atoms with Gasteiger partial charge in [0.2, 0.25) is 5.91 Å². The molecule has 116 valence electrons. The zero-order valence-electron chi connectivity index (χ0n) is 12.8. The van der Waals surface area contributed by atoms with E-state index in [1.54, 1.807) is 17.5 Å². The van der Waals surface area contributed by atoms with Gasteiger partial charge in [0.1, 0.15) is 5.01 Å². The van der Waals surface area contributed by atoms with Gasteiger partial charge in [-0.25, -0.2) is 4.98 Å². The number of thiazole rings is 1. The average molecular weight is 315 g/mol. The number of pyridine rings is 1. The summed E-state index contributed by atoms with van der Waals surface area (Å²) in [6.45, 7) is 2.58. The van der Waals surface area contributed by atoms with Crippen molar-refractivity contribution in [1.82, 2.24) is 15.3 Å². The molecule has 22 heavy (non-hydrogen) atoms. The van der Waals surface area contributed by atoms with Crippen LogP contribution in [0.2, 0.25) is 0 Å². The summed E-state index contributed by atoms with van der Waals surface area (Å²) in [5, 5.41) is 4.06. The van der Waals surface area contributed by atoms with Gasteiger partial charge in [-0.2, -0.15) is 0 Å². The zero-order valence-corrected chi connectivity index (χ0v) is 13.7. The van der Waals surface area contributed by atoms with Gasteiger partial charge in [0.05, 0.1) is 12.2 Å². The molecule has 2 heterocycles. The van der Waals surface area contributed by atoms with E-state index in [4.69, 9.17) is 0 Å². The molecule has 0 saturated heterocycles. The molecule has 1 aliphatic rings. The second-order valence-corrected chi connectivity index (χ2v) is 6.91. The maximum absolute atomic E-state index is 12.2. The molecule has 0 atom stereocenters. The van der Waals surface area contributed by atoms with Crippen molar-refractivity contribution in [2.45, 2.75) is 45.6 Å².